The fraction of sp³-hybridized carbons (Fsp3) is 1.00. The fourth-order valence-electron chi connectivity index (χ4n) is 1.66. The van der Waals surface area contributed by atoms with E-state index in [9.17, 15) is 8.42 Å². The van der Waals surface area contributed by atoms with Crippen LogP contribution in [-0.4, -0.2) is 21.2 Å². The van der Waals surface area contributed by atoms with Crippen LogP contribution >= 0.6 is 0 Å². The Balaban J connectivity index is 2.22. The highest BCUT2D eigenvalue weighted by atomic mass is 32.2. The van der Waals surface area contributed by atoms with Crippen LogP contribution in [0.15, 0.2) is 0 Å². The number of rotatable bonds is 3. The number of hydrogen-bond donors (Lipinski definition) is 1. The molecular formula is C8H17NO2S. The van der Waals surface area contributed by atoms with Gasteiger partial charge in [0, 0.05) is 6.54 Å². The van der Waals surface area contributed by atoms with Gasteiger partial charge in [-0.15, -0.1) is 0 Å². The van der Waals surface area contributed by atoms with E-state index in [1.165, 1.54) is 38.4 Å². The fourth-order valence-corrected chi connectivity index (χ4v) is 2.20. The molecule has 0 saturated heterocycles. The third-order valence-corrected chi connectivity index (χ3v) is 3.05. The van der Waals surface area contributed by atoms with E-state index in [2.05, 4.69) is 4.72 Å². The standard InChI is InChI=1S/C8H17NO2S/c1-12(10,11)9-7-8-5-3-2-4-6-8/h8-9H,2-7H2,1H3. The summed E-state index contributed by atoms with van der Waals surface area (Å²) < 4.78 is 24.1. The Bertz CT molecular complexity index is 217. The van der Waals surface area contributed by atoms with E-state index < -0.39 is 10.0 Å². The zero-order valence-electron chi connectivity index (χ0n) is 7.54. The summed E-state index contributed by atoms with van der Waals surface area (Å²) in [6.07, 6.45) is 7.42. The maximum atomic E-state index is 10.8. The minimum atomic E-state index is -2.97. The summed E-state index contributed by atoms with van der Waals surface area (Å²) in [5, 5.41) is 0. The predicted octanol–water partition coefficient (Wildman–Crippen LogP) is 1.12. The lowest BCUT2D eigenvalue weighted by Crippen LogP contribution is -2.29. The lowest BCUT2D eigenvalue weighted by Gasteiger charge is -2.21. The number of hydrogen-bond acceptors (Lipinski definition) is 2. The summed E-state index contributed by atoms with van der Waals surface area (Å²) in [6.45, 7) is 0.638. The van der Waals surface area contributed by atoms with E-state index in [4.69, 9.17) is 0 Å². The third-order valence-electron chi connectivity index (χ3n) is 2.36. The van der Waals surface area contributed by atoms with Crippen molar-refractivity contribution in [3.8, 4) is 0 Å². The molecule has 0 aromatic heterocycles. The van der Waals surface area contributed by atoms with Gasteiger partial charge in [0.15, 0.2) is 0 Å². The molecule has 0 radical (unpaired) electrons. The molecule has 1 aliphatic carbocycles. The smallest absolute Gasteiger partial charge is 0.208 e. The van der Waals surface area contributed by atoms with Gasteiger partial charge >= 0.3 is 0 Å². The SMILES string of the molecule is CS(=O)(=O)NCC1CCCCC1. The molecule has 0 aromatic rings. The van der Waals surface area contributed by atoms with Crippen molar-refractivity contribution in [2.75, 3.05) is 12.8 Å². The second-order valence-corrected chi connectivity index (χ2v) is 5.46. The Morgan fingerprint density at radius 3 is 2.33 bits per heavy atom. The Labute approximate surface area is 74.6 Å². The van der Waals surface area contributed by atoms with Gasteiger partial charge in [-0.05, 0) is 18.8 Å². The first-order valence-electron chi connectivity index (χ1n) is 4.52. The van der Waals surface area contributed by atoms with Crippen LogP contribution in [0.1, 0.15) is 32.1 Å². The molecule has 0 bridgehead atoms. The molecule has 0 aromatic carbocycles. The minimum absolute atomic E-state index is 0.577. The lowest BCUT2D eigenvalue weighted by atomic mass is 9.90. The van der Waals surface area contributed by atoms with Gasteiger partial charge < -0.3 is 0 Å². The molecule has 1 N–H and O–H groups in total. The molecule has 12 heavy (non-hydrogen) atoms. The van der Waals surface area contributed by atoms with E-state index >= 15 is 0 Å². The molecule has 1 saturated carbocycles. The van der Waals surface area contributed by atoms with Crippen molar-refractivity contribution in [3.63, 3.8) is 0 Å². The Morgan fingerprint density at radius 1 is 1.25 bits per heavy atom. The maximum Gasteiger partial charge on any atom is 0.208 e. The Kier molecular flexibility index (Phi) is 3.53. The molecule has 0 heterocycles. The number of nitrogens with one attached hydrogen (secondary N) is 1. The van der Waals surface area contributed by atoms with Gasteiger partial charge in [-0.25, -0.2) is 13.1 Å². The predicted molar refractivity (Wildman–Crippen MR) is 49.4 cm³/mol. The van der Waals surface area contributed by atoms with Gasteiger partial charge in [0.1, 0.15) is 0 Å². The maximum absolute atomic E-state index is 10.8. The van der Waals surface area contributed by atoms with Gasteiger partial charge in [0.25, 0.3) is 0 Å². The first kappa shape index (κ1) is 9.99. The second-order valence-electron chi connectivity index (χ2n) is 3.62. The van der Waals surface area contributed by atoms with Crippen molar-refractivity contribution in [2.45, 2.75) is 32.1 Å². The van der Waals surface area contributed by atoms with E-state index in [-0.39, 0.29) is 0 Å². The second kappa shape index (κ2) is 4.23. The molecule has 0 spiro atoms. The molecule has 0 amide bonds. The summed E-state index contributed by atoms with van der Waals surface area (Å²) in [4.78, 5) is 0. The van der Waals surface area contributed by atoms with Crippen LogP contribution in [0.2, 0.25) is 0 Å². The highest BCUT2D eigenvalue weighted by molar-refractivity contribution is 7.88. The molecule has 0 unspecified atom stereocenters. The summed E-state index contributed by atoms with van der Waals surface area (Å²) in [5.41, 5.74) is 0. The summed E-state index contributed by atoms with van der Waals surface area (Å²) in [6, 6.07) is 0. The van der Waals surface area contributed by atoms with Crippen LogP contribution in [0.3, 0.4) is 0 Å². The summed E-state index contributed by atoms with van der Waals surface area (Å²) in [7, 11) is -2.97. The highest BCUT2D eigenvalue weighted by Gasteiger charge is 2.14. The van der Waals surface area contributed by atoms with E-state index in [1.54, 1.807) is 0 Å². The zero-order chi connectivity index (χ0) is 9.03. The molecule has 3 nitrogen and oxygen atoms in total. The van der Waals surface area contributed by atoms with E-state index in [0.29, 0.717) is 12.5 Å². The summed E-state index contributed by atoms with van der Waals surface area (Å²) >= 11 is 0. The van der Waals surface area contributed by atoms with Crippen LogP contribution in [-0.2, 0) is 10.0 Å². The molecule has 72 valence electrons. The molecule has 1 rings (SSSR count). The lowest BCUT2D eigenvalue weighted by molar-refractivity contribution is 0.357. The van der Waals surface area contributed by atoms with Crippen molar-refractivity contribution in [1.82, 2.24) is 4.72 Å². The molecule has 0 aliphatic heterocycles. The van der Waals surface area contributed by atoms with E-state index in [0.717, 1.165) is 0 Å². The topological polar surface area (TPSA) is 46.2 Å². The van der Waals surface area contributed by atoms with Gasteiger partial charge in [-0.3, -0.25) is 0 Å². The first-order valence-corrected chi connectivity index (χ1v) is 6.42. The first-order chi connectivity index (χ1) is 5.58. The summed E-state index contributed by atoms with van der Waals surface area (Å²) in [5.74, 6) is 0.577. The molecule has 1 fully saturated rings. The van der Waals surface area contributed by atoms with E-state index in [1.807, 2.05) is 0 Å². The van der Waals surface area contributed by atoms with Gasteiger partial charge in [0.05, 0.1) is 6.26 Å². The molecule has 4 heteroatoms. The van der Waals surface area contributed by atoms with Gasteiger partial charge in [-0.1, -0.05) is 19.3 Å². The van der Waals surface area contributed by atoms with Crippen LogP contribution in [0.5, 0.6) is 0 Å². The average molecular weight is 191 g/mol. The van der Waals surface area contributed by atoms with Crippen molar-refractivity contribution >= 4 is 10.0 Å². The Morgan fingerprint density at radius 2 is 1.83 bits per heavy atom. The largest absolute Gasteiger partial charge is 0.215 e. The zero-order valence-corrected chi connectivity index (χ0v) is 8.36. The number of sulfonamides is 1. The molecular weight excluding hydrogens is 174 g/mol. The van der Waals surface area contributed by atoms with Crippen LogP contribution in [0.4, 0.5) is 0 Å². The van der Waals surface area contributed by atoms with Gasteiger partial charge in [-0.2, -0.15) is 0 Å². The van der Waals surface area contributed by atoms with Crippen molar-refractivity contribution in [3.05, 3.63) is 0 Å². The molecule has 0 atom stereocenters. The third kappa shape index (κ3) is 4.07. The highest BCUT2D eigenvalue weighted by Crippen LogP contribution is 2.22. The van der Waals surface area contributed by atoms with Gasteiger partial charge in [0.2, 0.25) is 10.0 Å². The average Bonchev–Trinajstić information content (AvgIpc) is 2.02. The monoisotopic (exact) mass is 191 g/mol. The van der Waals surface area contributed by atoms with Crippen molar-refractivity contribution in [2.24, 2.45) is 5.92 Å². The van der Waals surface area contributed by atoms with Crippen LogP contribution < -0.4 is 4.72 Å². The minimum Gasteiger partial charge on any atom is -0.215 e. The Hall–Kier alpha value is -0.0900. The van der Waals surface area contributed by atoms with Crippen LogP contribution in [0, 0.1) is 5.92 Å². The van der Waals surface area contributed by atoms with Crippen molar-refractivity contribution in [1.29, 1.82) is 0 Å². The quantitative estimate of drug-likeness (QED) is 0.726. The van der Waals surface area contributed by atoms with Crippen molar-refractivity contribution < 1.29 is 8.42 Å². The van der Waals surface area contributed by atoms with Crippen LogP contribution in [0.25, 0.3) is 0 Å². The normalized spacial score (nSPS) is 21.1. The molecule has 1 aliphatic rings.